The summed E-state index contributed by atoms with van der Waals surface area (Å²) in [6.07, 6.45) is 0.462. The Bertz CT molecular complexity index is 547. The maximum absolute atomic E-state index is 13.7. The summed E-state index contributed by atoms with van der Waals surface area (Å²) in [5.41, 5.74) is 1.42. The first kappa shape index (κ1) is 16.2. The monoisotopic (exact) mass is 297 g/mol. The molecule has 1 aromatic carbocycles. The summed E-state index contributed by atoms with van der Waals surface area (Å²) in [6, 6.07) is 6.71. The molecule has 1 aromatic rings. The Morgan fingerprint density at radius 1 is 1.45 bits per heavy atom. The van der Waals surface area contributed by atoms with Crippen LogP contribution in [0.5, 0.6) is 0 Å². The second-order valence-corrected chi connectivity index (χ2v) is 4.74. The lowest BCUT2D eigenvalue weighted by atomic mass is 10.1. The van der Waals surface area contributed by atoms with Crippen molar-refractivity contribution in [1.29, 1.82) is 5.26 Å². The molecule has 0 radical (unpaired) electrons. The second kappa shape index (κ2) is 7.06. The number of esters is 1. The maximum Gasteiger partial charge on any atom is 0.381 e. The van der Waals surface area contributed by atoms with E-state index in [1.54, 1.807) is 29.7 Å². The first-order valence-corrected chi connectivity index (χ1v) is 6.63. The van der Waals surface area contributed by atoms with Gasteiger partial charge in [-0.2, -0.15) is 14.0 Å². The van der Waals surface area contributed by atoms with Crippen LogP contribution in [0.15, 0.2) is 30.3 Å². The van der Waals surface area contributed by atoms with Crippen LogP contribution >= 0.6 is 11.8 Å². The molecule has 3 nitrogen and oxygen atoms in total. The number of carbonyl (C=O) groups is 1. The lowest BCUT2D eigenvalue weighted by Crippen LogP contribution is -2.28. The Morgan fingerprint density at radius 3 is 2.55 bits per heavy atom. The van der Waals surface area contributed by atoms with Crippen molar-refractivity contribution >= 4 is 22.6 Å². The van der Waals surface area contributed by atoms with Crippen LogP contribution in [0.25, 0.3) is 4.91 Å². The average molecular weight is 297 g/mol. The van der Waals surface area contributed by atoms with Crippen LogP contribution < -0.4 is 0 Å². The number of ether oxygens (including phenoxy) is 1. The molecule has 0 aromatic heterocycles. The SMILES string of the molecule is CCOC(=O)C(F)(F)/C=C(/SC#N)c1ccc(C)cc1. The van der Waals surface area contributed by atoms with Gasteiger partial charge in [0.15, 0.2) is 0 Å². The van der Waals surface area contributed by atoms with E-state index in [2.05, 4.69) is 4.74 Å². The zero-order valence-electron chi connectivity index (χ0n) is 11.0. The highest BCUT2D eigenvalue weighted by molar-refractivity contribution is 8.12. The van der Waals surface area contributed by atoms with Crippen LogP contribution in [0.2, 0.25) is 0 Å². The number of aryl methyl sites for hydroxylation is 1. The molecule has 0 heterocycles. The summed E-state index contributed by atoms with van der Waals surface area (Å²) in [6.45, 7) is 3.17. The van der Waals surface area contributed by atoms with Crippen LogP contribution in [0.3, 0.4) is 0 Å². The predicted octanol–water partition coefficient (Wildman–Crippen LogP) is 3.75. The third kappa shape index (κ3) is 4.35. The van der Waals surface area contributed by atoms with Crippen molar-refractivity contribution in [2.75, 3.05) is 6.61 Å². The van der Waals surface area contributed by atoms with Gasteiger partial charge in [-0.15, -0.1) is 0 Å². The molecule has 0 aliphatic carbocycles. The van der Waals surface area contributed by atoms with Gasteiger partial charge in [-0.05, 0) is 31.2 Å². The number of rotatable bonds is 5. The van der Waals surface area contributed by atoms with E-state index < -0.39 is 11.9 Å². The van der Waals surface area contributed by atoms with Gasteiger partial charge in [0.05, 0.1) is 6.61 Å². The number of halogens is 2. The van der Waals surface area contributed by atoms with Crippen molar-refractivity contribution in [3.8, 4) is 5.40 Å². The third-order valence-corrected chi connectivity index (χ3v) is 3.02. The zero-order valence-corrected chi connectivity index (χ0v) is 11.8. The van der Waals surface area contributed by atoms with Crippen LogP contribution in [0, 0.1) is 17.6 Å². The Labute approximate surface area is 120 Å². The van der Waals surface area contributed by atoms with Gasteiger partial charge in [-0.1, -0.05) is 29.8 Å². The van der Waals surface area contributed by atoms with Gasteiger partial charge in [0.25, 0.3) is 0 Å². The lowest BCUT2D eigenvalue weighted by molar-refractivity contribution is -0.164. The van der Waals surface area contributed by atoms with E-state index in [1.165, 1.54) is 6.92 Å². The van der Waals surface area contributed by atoms with E-state index in [4.69, 9.17) is 5.26 Å². The molecule has 0 aliphatic rings. The first-order chi connectivity index (χ1) is 9.40. The number of thioether (sulfide) groups is 1. The molecule has 20 heavy (non-hydrogen) atoms. The highest BCUT2D eigenvalue weighted by atomic mass is 32.2. The summed E-state index contributed by atoms with van der Waals surface area (Å²) in [7, 11) is 0. The van der Waals surface area contributed by atoms with E-state index in [0.717, 1.165) is 5.56 Å². The molecule has 0 saturated carbocycles. The van der Waals surface area contributed by atoms with Gasteiger partial charge in [-0.25, -0.2) is 4.79 Å². The highest BCUT2D eigenvalue weighted by Crippen LogP contribution is 2.32. The number of thiocyanates is 1. The van der Waals surface area contributed by atoms with Crippen molar-refractivity contribution in [3.63, 3.8) is 0 Å². The minimum atomic E-state index is -3.76. The van der Waals surface area contributed by atoms with E-state index in [0.29, 0.717) is 23.4 Å². The molecule has 0 N–H and O–H groups in total. The van der Waals surface area contributed by atoms with Crippen molar-refractivity contribution in [3.05, 3.63) is 41.5 Å². The second-order valence-electron chi connectivity index (χ2n) is 3.91. The molecule has 0 fully saturated rings. The van der Waals surface area contributed by atoms with Crippen molar-refractivity contribution in [1.82, 2.24) is 0 Å². The topological polar surface area (TPSA) is 50.1 Å². The van der Waals surface area contributed by atoms with Gasteiger partial charge >= 0.3 is 11.9 Å². The highest BCUT2D eigenvalue weighted by Gasteiger charge is 2.38. The van der Waals surface area contributed by atoms with Crippen molar-refractivity contribution < 1.29 is 18.3 Å². The van der Waals surface area contributed by atoms with Crippen LogP contribution in [-0.4, -0.2) is 18.5 Å². The molecule has 0 unspecified atom stereocenters. The third-order valence-electron chi connectivity index (χ3n) is 2.35. The minimum Gasteiger partial charge on any atom is -0.461 e. The van der Waals surface area contributed by atoms with Gasteiger partial charge in [0, 0.05) is 11.0 Å². The van der Waals surface area contributed by atoms with Crippen LogP contribution in [-0.2, 0) is 9.53 Å². The Kier molecular flexibility index (Phi) is 5.71. The summed E-state index contributed by atoms with van der Waals surface area (Å²) in [5, 5.41) is 10.4. The molecule has 0 atom stereocenters. The smallest absolute Gasteiger partial charge is 0.381 e. The number of benzene rings is 1. The fraction of sp³-hybridized carbons (Fsp3) is 0.286. The molecule has 6 heteroatoms. The van der Waals surface area contributed by atoms with Gasteiger partial charge < -0.3 is 4.74 Å². The molecule has 0 amide bonds. The summed E-state index contributed by atoms with van der Waals surface area (Å²) >= 11 is 0.577. The molecule has 0 bridgehead atoms. The number of alkyl halides is 2. The number of nitrogens with zero attached hydrogens (tertiary/aromatic N) is 1. The minimum absolute atomic E-state index is 0.0190. The zero-order chi connectivity index (χ0) is 15.2. The lowest BCUT2D eigenvalue weighted by Gasteiger charge is -2.12. The average Bonchev–Trinajstić information content (AvgIpc) is 2.39. The van der Waals surface area contributed by atoms with E-state index in [9.17, 15) is 13.6 Å². The van der Waals surface area contributed by atoms with E-state index >= 15 is 0 Å². The fourth-order valence-electron chi connectivity index (χ4n) is 1.39. The Hall–Kier alpha value is -1.87. The predicted molar refractivity (Wildman–Crippen MR) is 73.9 cm³/mol. The van der Waals surface area contributed by atoms with E-state index in [-0.39, 0.29) is 11.5 Å². The van der Waals surface area contributed by atoms with Crippen LogP contribution in [0.1, 0.15) is 18.1 Å². The molecule has 0 spiro atoms. The maximum atomic E-state index is 13.7. The number of carbonyl (C=O) groups excluding carboxylic acids is 1. The summed E-state index contributed by atoms with van der Waals surface area (Å²) < 4.78 is 31.7. The number of nitriles is 1. The van der Waals surface area contributed by atoms with Crippen LogP contribution in [0.4, 0.5) is 8.78 Å². The molecule has 0 saturated heterocycles. The van der Waals surface area contributed by atoms with Gasteiger partial charge in [0.2, 0.25) is 0 Å². The molecular weight excluding hydrogens is 284 g/mol. The molecule has 106 valence electrons. The summed E-state index contributed by atoms with van der Waals surface area (Å²) in [4.78, 5) is 11.2. The number of hydrogen-bond acceptors (Lipinski definition) is 4. The first-order valence-electron chi connectivity index (χ1n) is 5.81. The van der Waals surface area contributed by atoms with Gasteiger partial charge in [-0.3, -0.25) is 0 Å². The van der Waals surface area contributed by atoms with E-state index in [1.807, 2.05) is 6.92 Å². The molecule has 1 rings (SSSR count). The fourth-order valence-corrected chi connectivity index (χ4v) is 1.95. The normalized spacial score (nSPS) is 11.8. The van der Waals surface area contributed by atoms with Gasteiger partial charge in [0.1, 0.15) is 5.40 Å². The van der Waals surface area contributed by atoms with Crippen molar-refractivity contribution in [2.24, 2.45) is 0 Å². The molecular formula is C14H13F2NO2S. The Balaban J connectivity index is 3.13. The van der Waals surface area contributed by atoms with Crippen molar-refractivity contribution in [2.45, 2.75) is 19.8 Å². The molecule has 0 aliphatic heterocycles. The largest absolute Gasteiger partial charge is 0.461 e. The quantitative estimate of drug-likeness (QED) is 0.613. The summed E-state index contributed by atoms with van der Waals surface area (Å²) in [5.74, 6) is -5.39. The standard InChI is InChI=1S/C14H13F2NO2S/c1-3-19-13(18)14(15,16)8-12(20-9-17)11-6-4-10(2)5-7-11/h4-8H,3H2,1-2H3/b12-8+. The number of hydrogen-bond donors (Lipinski definition) is 0. The Morgan fingerprint density at radius 2 is 2.05 bits per heavy atom.